The lowest BCUT2D eigenvalue weighted by molar-refractivity contribution is -0.116. The molecule has 2 aromatic heterocycles. The van der Waals surface area contributed by atoms with Crippen LogP contribution in [0.3, 0.4) is 0 Å². The average molecular weight is 327 g/mol. The second-order valence-corrected chi connectivity index (χ2v) is 5.47. The number of anilines is 1. The zero-order valence-electron chi connectivity index (χ0n) is 12.3. The molecule has 3 rings (SSSR count). The van der Waals surface area contributed by atoms with Gasteiger partial charge in [0.1, 0.15) is 5.82 Å². The number of carbonyl (C=O) groups excluding carboxylic acids is 1. The third-order valence-corrected chi connectivity index (χ3v) is 3.52. The van der Waals surface area contributed by atoms with E-state index in [9.17, 15) is 4.79 Å². The normalized spacial score (nSPS) is 10.5. The predicted octanol–water partition coefficient (Wildman–Crippen LogP) is 3.49. The average Bonchev–Trinajstić information content (AvgIpc) is 3.05. The van der Waals surface area contributed by atoms with Crippen LogP contribution in [0.4, 0.5) is 5.82 Å². The summed E-state index contributed by atoms with van der Waals surface area (Å²) in [5.74, 6) is 0.409. The van der Waals surface area contributed by atoms with Crippen molar-refractivity contribution >= 4 is 23.3 Å². The first-order chi connectivity index (χ1) is 11.2. The van der Waals surface area contributed by atoms with E-state index in [2.05, 4.69) is 15.4 Å². The van der Waals surface area contributed by atoms with Gasteiger partial charge in [-0.2, -0.15) is 5.10 Å². The molecular formula is C17H15ClN4O. The Balaban J connectivity index is 1.55. The maximum absolute atomic E-state index is 11.9. The van der Waals surface area contributed by atoms with Gasteiger partial charge in [-0.15, -0.1) is 0 Å². The number of rotatable bonds is 5. The number of para-hydroxylation sites is 1. The predicted molar refractivity (Wildman–Crippen MR) is 89.8 cm³/mol. The highest BCUT2D eigenvalue weighted by molar-refractivity contribution is 6.30. The van der Waals surface area contributed by atoms with Gasteiger partial charge in [0.05, 0.1) is 16.9 Å². The van der Waals surface area contributed by atoms with Crippen molar-refractivity contribution in [2.45, 2.75) is 12.8 Å². The highest BCUT2D eigenvalue weighted by Gasteiger charge is 2.06. The summed E-state index contributed by atoms with van der Waals surface area (Å²) in [4.78, 5) is 16.0. The maximum Gasteiger partial charge on any atom is 0.225 e. The van der Waals surface area contributed by atoms with E-state index in [1.54, 1.807) is 23.0 Å². The van der Waals surface area contributed by atoms with Crippen LogP contribution in [0.1, 0.15) is 12.0 Å². The minimum atomic E-state index is -0.0905. The van der Waals surface area contributed by atoms with Gasteiger partial charge in [0.25, 0.3) is 0 Å². The molecule has 0 bridgehead atoms. The number of aryl methyl sites for hydroxylation is 1. The Morgan fingerprint density at radius 2 is 1.96 bits per heavy atom. The fourth-order valence-corrected chi connectivity index (χ4v) is 2.24. The van der Waals surface area contributed by atoms with E-state index >= 15 is 0 Å². The lowest BCUT2D eigenvalue weighted by Crippen LogP contribution is -2.13. The van der Waals surface area contributed by atoms with Crippen LogP contribution >= 0.6 is 11.6 Å². The Hall–Kier alpha value is -2.66. The van der Waals surface area contributed by atoms with E-state index in [4.69, 9.17) is 11.6 Å². The summed E-state index contributed by atoms with van der Waals surface area (Å²) in [6, 6.07) is 13.2. The van der Waals surface area contributed by atoms with Crippen molar-refractivity contribution in [2.75, 3.05) is 5.32 Å². The van der Waals surface area contributed by atoms with Gasteiger partial charge in [0.15, 0.2) is 0 Å². The molecule has 1 amide bonds. The van der Waals surface area contributed by atoms with E-state index in [1.807, 2.05) is 36.5 Å². The van der Waals surface area contributed by atoms with Crippen molar-refractivity contribution in [3.05, 3.63) is 71.6 Å². The second kappa shape index (κ2) is 7.07. The molecular weight excluding hydrogens is 312 g/mol. The molecule has 0 unspecified atom stereocenters. The van der Waals surface area contributed by atoms with E-state index in [1.165, 1.54) is 6.20 Å². The molecule has 0 saturated carbocycles. The minimum Gasteiger partial charge on any atom is -0.311 e. The molecule has 0 aliphatic rings. The first kappa shape index (κ1) is 15.2. The van der Waals surface area contributed by atoms with Gasteiger partial charge in [-0.25, -0.2) is 9.67 Å². The molecule has 1 N–H and O–H groups in total. The molecule has 0 atom stereocenters. The Kier molecular flexibility index (Phi) is 4.68. The molecule has 23 heavy (non-hydrogen) atoms. The first-order valence-corrected chi connectivity index (χ1v) is 7.59. The molecule has 3 aromatic rings. The van der Waals surface area contributed by atoms with Gasteiger partial charge in [-0.3, -0.25) is 4.79 Å². The van der Waals surface area contributed by atoms with E-state index in [-0.39, 0.29) is 5.91 Å². The second-order valence-electron chi connectivity index (χ2n) is 5.04. The van der Waals surface area contributed by atoms with E-state index in [0.29, 0.717) is 23.7 Å². The lowest BCUT2D eigenvalue weighted by atomic mass is 10.2. The number of hydrogen-bond donors (Lipinski definition) is 1. The summed E-state index contributed by atoms with van der Waals surface area (Å²) in [5.41, 5.74) is 2.00. The van der Waals surface area contributed by atoms with Crippen molar-refractivity contribution in [3.63, 3.8) is 0 Å². The fourth-order valence-electron chi connectivity index (χ4n) is 2.12. The molecule has 0 radical (unpaired) electrons. The molecule has 2 heterocycles. The Labute approximate surface area is 138 Å². The van der Waals surface area contributed by atoms with Crippen LogP contribution < -0.4 is 5.32 Å². The Morgan fingerprint density at radius 3 is 2.70 bits per heavy atom. The van der Waals surface area contributed by atoms with Gasteiger partial charge in [0.2, 0.25) is 5.91 Å². The number of nitrogens with one attached hydrogen (secondary N) is 1. The molecule has 0 fully saturated rings. The summed E-state index contributed by atoms with van der Waals surface area (Å²) in [5, 5.41) is 7.60. The van der Waals surface area contributed by atoms with Gasteiger partial charge >= 0.3 is 0 Å². The molecule has 116 valence electrons. The third-order valence-electron chi connectivity index (χ3n) is 3.29. The maximum atomic E-state index is 11.9. The smallest absolute Gasteiger partial charge is 0.225 e. The van der Waals surface area contributed by atoms with Crippen LogP contribution in [0.15, 0.2) is 61.1 Å². The van der Waals surface area contributed by atoms with Crippen molar-refractivity contribution < 1.29 is 4.79 Å². The molecule has 0 aliphatic carbocycles. The van der Waals surface area contributed by atoms with Crippen molar-refractivity contribution in [1.29, 1.82) is 0 Å². The molecule has 0 saturated heterocycles. The summed E-state index contributed by atoms with van der Waals surface area (Å²) in [6.07, 6.45) is 6.20. The number of halogens is 1. The fraction of sp³-hybridized carbons (Fsp3) is 0.118. The minimum absolute atomic E-state index is 0.0905. The highest BCUT2D eigenvalue weighted by Crippen LogP contribution is 2.11. The van der Waals surface area contributed by atoms with Crippen LogP contribution in [0.25, 0.3) is 5.69 Å². The van der Waals surface area contributed by atoms with E-state index in [0.717, 1.165) is 11.3 Å². The van der Waals surface area contributed by atoms with Crippen LogP contribution in [-0.2, 0) is 11.2 Å². The number of nitrogens with zero attached hydrogens (tertiary/aromatic N) is 3. The number of aromatic nitrogens is 3. The van der Waals surface area contributed by atoms with Crippen LogP contribution in [0.5, 0.6) is 0 Å². The number of carbonyl (C=O) groups is 1. The molecule has 1 aromatic carbocycles. The number of hydrogen-bond acceptors (Lipinski definition) is 3. The number of amides is 1. The lowest BCUT2D eigenvalue weighted by Gasteiger charge is -2.03. The van der Waals surface area contributed by atoms with Gasteiger partial charge in [-0.1, -0.05) is 29.8 Å². The van der Waals surface area contributed by atoms with Crippen molar-refractivity contribution in [3.8, 4) is 5.69 Å². The zero-order chi connectivity index (χ0) is 16.1. The standard InChI is InChI=1S/C17H15ClN4O/c18-14-7-8-16(19-11-14)21-17(23)9-6-13-10-20-22(12-13)15-4-2-1-3-5-15/h1-5,7-8,10-12H,6,9H2,(H,19,21,23). The van der Waals surface area contributed by atoms with Crippen LogP contribution in [0, 0.1) is 0 Å². The van der Waals surface area contributed by atoms with E-state index < -0.39 is 0 Å². The molecule has 5 nitrogen and oxygen atoms in total. The van der Waals surface area contributed by atoms with Crippen molar-refractivity contribution in [1.82, 2.24) is 14.8 Å². The van der Waals surface area contributed by atoms with Gasteiger partial charge in [-0.05, 0) is 36.2 Å². The highest BCUT2D eigenvalue weighted by atomic mass is 35.5. The van der Waals surface area contributed by atoms with Crippen molar-refractivity contribution in [2.24, 2.45) is 0 Å². The Morgan fingerprint density at radius 1 is 1.13 bits per heavy atom. The summed E-state index contributed by atoms with van der Waals surface area (Å²) in [6.45, 7) is 0. The molecule has 0 spiro atoms. The molecule has 6 heteroatoms. The summed E-state index contributed by atoms with van der Waals surface area (Å²) in [7, 11) is 0. The van der Waals surface area contributed by atoms with Gasteiger partial charge in [0, 0.05) is 18.8 Å². The molecule has 0 aliphatic heterocycles. The van der Waals surface area contributed by atoms with Crippen LogP contribution in [-0.4, -0.2) is 20.7 Å². The SMILES string of the molecule is O=C(CCc1cnn(-c2ccccc2)c1)Nc1ccc(Cl)cn1. The van der Waals surface area contributed by atoms with Gasteiger partial charge < -0.3 is 5.32 Å². The Bertz CT molecular complexity index is 784. The monoisotopic (exact) mass is 326 g/mol. The topological polar surface area (TPSA) is 59.8 Å². The quantitative estimate of drug-likeness (QED) is 0.780. The van der Waals surface area contributed by atoms with Crippen LogP contribution in [0.2, 0.25) is 5.02 Å². The first-order valence-electron chi connectivity index (χ1n) is 7.21. The number of pyridine rings is 1. The zero-order valence-corrected chi connectivity index (χ0v) is 13.1. The summed E-state index contributed by atoms with van der Waals surface area (Å²) >= 11 is 5.76. The largest absolute Gasteiger partial charge is 0.311 e. The summed E-state index contributed by atoms with van der Waals surface area (Å²) < 4.78 is 1.80. The third kappa shape index (κ3) is 4.17. The number of benzene rings is 1.